The standard InChI is InChI=1S/C13H16ClN3O2/c1-15-6-9-7-16-8-17(9)11-5-12(18-2)10(14)4-13(11)19-3/h4-5,7-8,15H,6H2,1-3H3. The summed E-state index contributed by atoms with van der Waals surface area (Å²) in [5.74, 6) is 1.27. The number of nitrogens with zero attached hydrogens (tertiary/aromatic N) is 2. The van der Waals surface area contributed by atoms with E-state index in [1.807, 2.05) is 17.7 Å². The van der Waals surface area contributed by atoms with Crippen LogP contribution in [0.5, 0.6) is 11.5 Å². The molecule has 1 aromatic heterocycles. The molecule has 0 amide bonds. The summed E-state index contributed by atoms with van der Waals surface area (Å²) in [6.07, 6.45) is 3.54. The highest BCUT2D eigenvalue weighted by Crippen LogP contribution is 2.35. The lowest BCUT2D eigenvalue weighted by Gasteiger charge is -2.14. The monoisotopic (exact) mass is 281 g/mol. The summed E-state index contributed by atoms with van der Waals surface area (Å²) in [6.45, 7) is 0.702. The van der Waals surface area contributed by atoms with Crippen LogP contribution in [0.1, 0.15) is 5.69 Å². The predicted octanol–water partition coefficient (Wildman–Crippen LogP) is 2.26. The molecule has 0 saturated carbocycles. The minimum Gasteiger partial charge on any atom is -0.495 e. The van der Waals surface area contributed by atoms with E-state index in [2.05, 4.69) is 10.3 Å². The van der Waals surface area contributed by atoms with Gasteiger partial charge in [-0.15, -0.1) is 0 Å². The summed E-state index contributed by atoms with van der Waals surface area (Å²) in [5.41, 5.74) is 1.86. The molecule has 19 heavy (non-hydrogen) atoms. The predicted molar refractivity (Wildman–Crippen MR) is 74.4 cm³/mol. The van der Waals surface area contributed by atoms with Crippen LogP contribution in [-0.2, 0) is 6.54 Å². The molecule has 0 aliphatic carbocycles. The molecule has 1 heterocycles. The van der Waals surface area contributed by atoms with Gasteiger partial charge in [0.05, 0.1) is 37.0 Å². The molecule has 0 atom stereocenters. The molecule has 0 unspecified atom stereocenters. The van der Waals surface area contributed by atoms with Gasteiger partial charge in [0.25, 0.3) is 0 Å². The Bertz CT molecular complexity index is 569. The van der Waals surface area contributed by atoms with Crippen molar-refractivity contribution in [2.24, 2.45) is 0 Å². The quantitative estimate of drug-likeness (QED) is 0.913. The van der Waals surface area contributed by atoms with Crippen LogP contribution in [0.4, 0.5) is 0 Å². The normalized spacial score (nSPS) is 10.5. The Kier molecular flexibility index (Phi) is 4.29. The zero-order chi connectivity index (χ0) is 13.8. The maximum atomic E-state index is 6.10. The highest BCUT2D eigenvalue weighted by atomic mass is 35.5. The molecule has 5 nitrogen and oxygen atoms in total. The van der Waals surface area contributed by atoms with E-state index in [-0.39, 0.29) is 0 Å². The Labute approximate surface area is 117 Å². The third kappa shape index (κ3) is 2.67. The molecule has 1 N–H and O–H groups in total. The van der Waals surface area contributed by atoms with Crippen molar-refractivity contribution in [3.63, 3.8) is 0 Å². The van der Waals surface area contributed by atoms with Gasteiger partial charge in [0.1, 0.15) is 11.5 Å². The number of hydrogen-bond acceptors (Lipinski definition) is 4. The molecular formula is C13H16ClN3O2. The van der Waals surface area contributed by atoms with E-state index in [0.29, 0.717) is 23.1 Å². The van der Waals surface area contributed by atoms with Crippen molar-refractivity contribution in [2.75, 3.05) is 21.3 Å². The van der Waals surface area contributed by atoms with Gasteiger partial charge >= 0.3 is 0 Å². The molecule has 102 valence electrons. The first-order chi connectivity index (χ1) is 9.21. The van der Waals surface area contributed by atoms with E-state index >= 15 is 0 Å². The Morgan fingerprint density at radius 1 is 1.26 bits per heavy atom. The maximum absolute atomic E-state index is 6.10. The van der Waals surface area contributed by atoms with E-state index in [9.17, 15) is 0 Å². The molecule has 0 aliphatic heterocycles. The summed E-state index contributed by atoms with van der Waals surface area (Å²) >= 11 is 6.10. The van der Waals surface area contributed by atoms with E-state index < -0.39 is 0 Å². The Balaban J connectivity index is 2.56. The van der Waals surface area contributed by atoms with Gasteiger partial charge < -0.3 is 14.8 Å². The smallest absolute Gasteiger partial charge is 0.144 e. The van der Waals surface area contributed by atoms with Crippen molar-refractivity contribution >= 4 is 11.6 Å². The van der Waals surface area contributed by atoms with Crippen LogP contribution >= 0.6 is 11.6 Å². The van der Waals surface area contributed by atoms with Crippen LogP contribution in [0.3, 0.4) is 0 Å². The van der Waals surface area contributed by atoms with E-state index in [4.69, 9.17) is 21.1 Å². The van der Waals surface area contributed by atoms with Gasteiger partial charge in [-0.25, -0.2) is 4.98 Å². The number of halogens is 1. The van der Waals surface area contributed by atoms with Gasteiger partial charge in [-0.3, -0.25) is 4.57 Å². The van der Waals surface area contributed by atoms with Gasteiger partial charge in [-0.2, -0.15) is 0 Å². The van der Waals surface area contributed by atoms with Crippen LogP contribution in [0, 0.1) is 0 Å². The molecule has 6 heteroatoms. The fourth-order valence-corrected chi connectivity index (χ4v) is 2.11. The first-order valence-corrected chi connectivity index (χ1v) is 6.16. The number of rotatable bonds is 5. The van der Waals surface area contributed by atoms with Gasteiger partial charge in [0.2, 0.25) is 0 Å². The fraction of sp³-hybridized carbons (Fsp3) is 0.308. The van der Waals surface area contributed by atoms with Crippen molar-refractivity contribution in [3.05, 3.63) is 35.4 Å². The summed E-state index contributed by atoms with van der Waals surface area (Å²) in [6, 6.07) is 3.57. The maximum Gasteiger partial charge on any atom is 0.144 e. The zero-order valence-corrected chi connectivity index (χ0v) is 11.9. The number of hydrogen-bond donors (Lipinski definition) is 1. The summed E-state index contributed by atoms with van der Waals surface area (Å²) in [4.78, 5) is 4.16. The molecule has 0 saturated heterocycles. The topological polar surface area (TPSA) is 48.3 Å². The Morgan fingerprint density at radius 3 is 2.63 bits per heavy atom. The Morgan fingerprint density at radius 2 is 2.00 bits per heavy atom. The molecule has 1 aromatic carbocycles. The second-order valence-corrected chi connectivity index (χ2v) is 4.35. The molecule has 0 spiro atoms. The molecule has 0 fully saturated rings. The molecule has 0 radical (unpaired) electrons. The molecule has 0 aliphatic rings. The minimum absolute atomic E-state index is 0.512. The largest absolute Gasteiger partial charge is 0.495 e. The van der Waals surface area contributed by atoms with Crippen molar-refractivity contribution in [2.45, 2.75) is 6.54 Å². The lowest BCUT2D eigenvalue weighted by Crippen LogP contribution is -2.10. The molecule has 2 aromatic rings. The Hall–Kier alpha value is -1.72. The number of methoxy groups -OCH3 is 2. The highest BCUT2D eigenvalue weighted by Gasteiger charge is 2.13. The summed E-state index contributed by atoms with van der Waals surface area (Å²) in [5, 5.41) is 3.61. The second kappa shape index (κ2) is 5.95. The zero-order valence-electron chi connectivity index (χ0n) is 11.1. The number of imidazole rings is 1. The lowest BCUT2D eigenvalue weighted by molar-refractivity contribution is 0.401. The first kappa shape index (κ1) is 13.7. The highest BCUT2D eigenvalue weighted by molar-refractivity contribution is 6.32. The van der Waals surface area contributed by atoms with Crippen LogP contribution in [0.2, 0.25) is 5.02 Å². The SMILES string of the molecule is CNCc1cncn1-c1cc(OC)c(Cl)cc1OC. The molecule has 0 bridgehead atoms. The van der Waals surface area contributed by atoms with Crippen molar-refractivity contribution in [1.29, 1.82) is 0 Å². The van der Waals surface area contributed by atoms with Crippen LogP contribution < -0.4 is 14.8 Å². The molecule has 2 rings (SSSR count). The van der Waals surface area contributed by atoms with Crippen LogP contribution in [0.15, 0.2) is 24.7 Å². The average molecular weight is 282 g/mol. The summed E-state index contributed by atoms with van der Waals surface area (Å²) in [7, 11) is 5.08. The van der Waals surface area contributed by atoms with E-state index in [1.165, 1.54) is 0 Å². The first-order valence-electron chi connectivity index (χ1n) is 5.79. The average Bonchev–Trinajstić information content (AvgIpc) is 2.87. The second-order valence-electron chi connectivity index (χ2n) is 3.94. The third-order valence-corrected chi connectivity index (χ3v) is 3.08. The van der Waals surface area contributed by atoms with E-state index in [1.54, 1.807) is 32.8 Å². The van der Waals surface area contributed by atoms with Crippen LogP contribution in [-0.4, -0.2) is 30.8 Å². The fourth-order valence-electron chi connectivity index (χ4n) is 1.88. The van der Waals surface area contributed by atoms with Crippen LogP contribution in [0.25, 0.3) is 5.69 Å². The number of nitrogens with one attached hydrogen (secondary N) is 1. The van der Waals surface area contributed by atoms with Gasteiger partial charge in [0.15, 0.2) is 0 Å². The van der Waals surface area contributed by atoms with Crippen molar-refractivity contribution in [3.8, 4) is 17.2 Å². The number of aromatic nitrogens is 2. The van der Waals surface area contributed by atoms with Crippen molar-refractivity contribution in [1.82, 2.24) is 14.9 Å². The third-order valence-electron chi connectivity index (χ3n) is 2.79. The molecular weight excluding hydrogens is 266 g/mol. The van der Waals surface area contributed by atoms with E-state index in [0.717, 1.165) is 11.4 Å². The lowest BCUT2D eigenvalue weighted by atomic mass is 10.2. The van der Waals surface area contributed by atoms with Crippen molar-refractivity contribution < 1.29 is 9.47 Å². The van der Waals surface area contributed by atoms with Gasteiger partial charge in [-0.05, 0) is 7.05 Å². The number of ether oxygens (including phenoxy) is 2. The minimum atomic E-state index is 0.512. The van der Waals surface area contributed by atoms with Gasteiger partial charge in [-0.1, -0.05) is 11.6 Å². The van der Waals surface area contributed by atoms with Gasteiger partial charge in [0, 0.05) is 24.9 Å². The summed E-state index contributed by atoms with van der Waals surface area (Å²) < 4.78 is 12.6. The number of benzene rings is 1.